The minimum absolute atomic E-state index is 0.523. The topological polar surface area (TPSA) is 79.8 Å². The molecule has 0 saturated carbocycles. The predicted molar refractivity (Wildman–Crippen MR) is 97.9 cm³/mol. The standard InChI is InChI=1S/C19H21N3O3/c1-4-25-17-8-6-5-7-15(17)12-20-22-19(24)18(23)21-16-11-13(2)9-10-14(16)3/h5-12H,4H2,1-3H3,(H,21,23)(H,22,24). The number of rotatable bonds is 5. The van der Waals surface area contributed by atoms with Gasteiger partial charge in [-0.05, 0) is 50.1 Å². The average Bonchev–Trinajstić information content (AvgIpc) is 2.59. The number of para-hydroxylation sites is 1. The summed E-state index contributed by atoms with van der Waals surface area (Å²) >= 11 is 0. The fourth-order valence-corrected chi connectivity index (χ4v) is 2.13. The molecule has 2 rings (SSSR count). The molecule has 0 spiro atoms. The molecular weight excluding hydrogens is 318 g/mol. The van der Waals surface area contributed by atoms with Crippen LogP contribution in [0.15, 0.2) is 47.6 Å². The molecule has 6 nitrogen and oxygen atoms in total. The summed E-state index contributed by atoms with van der Waals surface area (Å²) in [5, 5.41) is 6.40. The first-order valence-corrected chi connectivity index (χ1v) is 7.94. The van der Waals surface area contributed by atoms with Gasteiger partial charge in [-0.25, -0.2) is 5.43 Å². The molecule has 0 radical (unpaired) electrons. The van der Waals surface area contributed by atoms with Crippen molar-refractivity contribution in [1.29, 1.82) is 0 Å². The van der Waals surface area contributed by atoms with Gasteiger partial charge in [0, 0.05) is 11.3 Å². The van der Waals surface area contributed by atoms with Gasteiger partial charge in [0.1, 0.15) is 5.75 Å². The fourth-order valence-electron chi connectivity index (χ4n) is 2.13. The second-order valence-corrected chi connectivity index (χ2v) is 5.44. The number of carbonyl (C=O) groups is 2. The van der Waals surface area contributed by atoms with Crippen LogP contribution in [0.5, 0.6) is 5.75 Å². The Hall–Kier alpha value is -3.15. The van der Waals surface area contributed by atoms with Crippen LogP contribution >= 0.6 is 0 Å². The van der Waals surface area contributed by atoms with Gasteiger partial charge in [0.15, 0.2) is 0 Å². The first-order valence-electron chi connectivity index (χ1n) is 7.94. The van der Waals surface area contributed by atoms with Crippen molar-refractivity contribution in [2.45, 2.75) is 20.8 Å². The lowest BCUT2D eigenvalue weighted by molar-refractivity contribution is -0.136. The molecule has 0 heterocycles. The van der Waals surface area contributed by atoms with Crippen molar-refractivity contribution in [3.8, 4) is 5.75 Å². The maximum Gasteiger partial charge on any atom is 0.329 e. The summed E-state index contributed by atoms with van der Waals surface area (Å²) in [7, 11) is 0. The summed E-state index contributed by atoms with van der Waals surface area (Å²) in [6, 6.07) is 12.9. The van der Waals surface area contributed by atoms with Crippen LogP contribution in [-0.2, 0) is 9.59 Å². The van der Waals surface area contributed by atoms with Crippen molar-refractivity contribution in [1.82, 2.24) is 5.43 Å². The van der Waals surface area contributed by atoms with Gasteiger partial charge in [-0.1, -0.05) is 24.3 Å². The molecule has 0 unspecified atom stereocenters. The Balaban J connectivity index is 1.98. The molecule has 6 heteroatoms. The summed E-state index contributed by atoms with van der Waals surface area (Å²) in [5.41, 5.74) is 5.40. The quantitative estimate of drug-likeness (QED) is 0.499. The van der Waals surface area contributed by atoms with E-state index in [9.17, 15) is 9.59 Å². The lowest BCUT2D eigenvalue weighted by Crippen LogP contribution is -2.32. The summed E-state index contributed by atoms with van der Waals surface area (Å²) < 4.78 is 5.46. The zero-order chi connectivity index (χ0) is 18.2. The number of benzene rings is 2. The highest BCUT2D eigenvalue weighted by Crippen LogP contribution is 2.16. The lowest BCUT2D eigenvalue weighted by atomic mass is 10.1. The van der Waals surface area contributed by atoms with Gasteiger partial charge in [0.25, 0.3) is 0 Å². The molecule has 2 amide bonds. The first-order chi connectivity index (χ1) is 12.0. The van der Waals surface area contributed by atoms with Gasteiger partial charge in [0.2, 0.25) is 0 Å². The SMILES string of the molecule is CCOc1ccccc1C=NNC(=O)C(=O)Nc1cc(C)ccc1C. The van der Waals surface area contributed by atoms with Crippen molar-refractivity contribution >= 4 is 23.7 Å². The Labute approximate surface area is 146 Å². The highest BCUT2D eigenvalue weighted by Gasteiger charge is 2.14. The summed E-state index contributed by atoms with van der Waals surface area (Å²) in [5.74, 6) is -0.960. The Kier molecular flexibility index (Phi) is 6.28. The number of nitrogens with zero attached hydrogens (tertiary/aromatic N) is 1. The van der Waals surface area contributed by atoms with Crippen molar-refractivity contribution in [3.63, 3.8) is 0 Å². The molecule has 0 fully saturated rings. The molecule has 2 N–H and O–H groups in total. The third kappa shape index (κ3) is 5.17. The van der Waals surface area contributed by atoms with Crippen molar-refractivity contribution in [2.24, 2.45) is 5.10 Å². The largest absolute Gasteiger partial charge is 0.493 e. The maximum atomic E-state index is 12.0. The molecule has 0 aliphatic rings. The Morgan fingerprint density at radius 2 is 1.88 bits per heavy atom. The molecule has 0 aliphatic carbocycles. The van der Waals surface area contributed by atoms with Gasteiger partial charge in [0.05, 0.1) is 12.8 Å². The molecular formula is C19H21N3O3. The predicted octanol–water partition coefficient (Wildman–Crippen LogP) is 2.79. The second kappa shape index (κ2) is 8.63. The van der Waals surface area contributed by atoms with Crippen LogP contribution < -0.4 is 15.5 Å². The number of anilines is 1. The van der Waals surface area contributed by atoms with Crippen molar-refractivity contribution in [2.75, 3.05) is 11.9 Å². The van der Waals surface area contributed by atoms with Gasteiger partial charge in [-0.2, -0.15) is 5.10 Å². The Morgan fingerprint density at radius 1 is 1.12 bits per heavy atom. The van der Waals surface area contributed by atoms with Crippen LogP contribution in [0.25, 0.3) is 0 Å². The number of aryl methyl sites for hydroxylation is 2. The normalized spacial score (nSPS) is 10.5. The average molecular weight is 339 g/mol. The monoisotopic (exact) mass is 339 g/mol. The molecule has 2 aromatic rings. The number of carbonyl (C=O) groups excluding carboxylic acids is 2. The smallest absolute Gasteiger partial charge is 0.329 e. The van der Waals surface area contributed by atoms with Crippen LogP contribution in [0.3, 0.4) is 0 Å². The van der Waals surface area contributed by atoms with Crippen LogP contribution in [-0.4, -0.2) is 24.6 Å². The first kappa shape index (κ1) is 18.2. The van der Waals surface area contributed by atoms with E-state index in [1.807, 2.05) is 51.1 Å². The number of nitrogens with one attached hydrogen (secondary N) is 2. The molecule has 0 atom stereocenters. The zero-order valence-electron chi connectivity index (χ0n) is 14.5. The van der Waals surface area contributed by atoms with Crippen LogP contribution in [0.1, 0.15) is 23.6 Å². The van der Waals surface area contributed by atoms with Gasteiger partial charge < -0.3 is 10.1 Å². The van der Waals surface area contributed by atoms with E-state index < -0.39 is 11.8 Å². The molecule has 130 valence electrons. The highest BCUT2D eigenvalue weighted by atomic mass is 16.5. The molecule has 0 aliphatic heterocycles. The second-order valence-electron chi connectivity index (χ2n) is 5.44. The van der Waals surface area contributed by atoms with Gasteiger partial charge >= 0.3 is 11.8 Å². The lowest BCUT2D eigenvalue weighted by Gasteiger charge is -2.08. The van der Waals surface area contributed by atoms with E-state index in [0.717, 1.165) is 11.1 Å². The molecule has 25 heavy (non-hydrogen) atoms. The highest BCUT2D eigenvalue weighted by molar-refractivity contribution is 6.39. The summed E-state index contributed by atoms with van der Waals surface area (Å²) in [6.07, 6.45) is 1.44. The Morgan fingerprint density at radius 3 is 2.64 bits per heavy atom. The Bertz CT molecular complexity index is 800. The van der Waals surface area contributed by atoms with E-state index in [-0.39, 0.29) is 0 Å². The van der Waals surface area contributed by atoms with Gasteiger partial charge in [-0.15, -0.1) is 0 Å². The van der Waals surface area contributed by atoms with E-state index in [2.05, 4.69) is 15.8 Å². The molecule has 0 aromatic heterocycles. The third-order valence-corrected chi connectivity index (χ3v) is 3.44. The van der Waals surface area contributed by atoms with E-state index in [1.54, 1.807) is 12.1 Å². The number of hydrogen-bond acceptors (Lipinski definition) is 4. The van der Waals surface area contributed by atoms with Gasteiger partial charge in [-0.3, -0.25) is 9.59 Å². The molecule has 0 bridgehead atoms. The van der Waals surface area contributed by atoms with E-state index >= 15 is 0 Å². The van der Waals surface area contributed by atoms with E-state index in [4.69, 9.17) is 4.74 Å². The third-order valence-electron chi connectivity index (χ3n) is 3.44. The molecule has 2 aromatic carbocycles. The zero-order valence-corrected chi connectivity index (χ0v) is 14.5. The maximum absolute atomic E-state index is 12.0. The number of hydrazone groups is 1. The van der Waals surface area contributed by atoms with Crippen molar-refractivity contribution < 1.29 is 14.3 Å². The van der Waals surface area contributed by atoms with Crippen LogP contribution in [0.2, 0.25) is 0 Å². The number of amides is 2. The van der Waals surface area contributed by atoms with E-state index in [1.165, 1.54) is 6.21 Å². The number of ether oxygens (including phenoxy) is 1. The van der Waals surface area contributed by atoms with Crippen LogP contribution in [0.4, 0.5) is 5.69 Å². The van der Waals surface area contributed by atoms with Crippen LogP contribution in [0, 0.1) is 13.8 Å². The number of hydrogen-bond donors (Lipinski definition) is 2. The summed E-state index contributed by atoms with van der Waals surface area (Å²) in [4.78, 5) is 23.8. The minimum Gasteiger partial charge on any atom is -0.493 e. The summed E-state index contributed by atoms with van der Waals surface area (Å²) in [6.45, 7) is 6.17. The van der Waals surface area contributed by atoms with E-state index in [0.29, 0.717) is 23.6 Å². The molecule has 0 saturated heterocycles. The van der Waals surface area contributed by atoms with Crippen molar-refractivity contribution in [3.05, 3.63) is 59.2 Å². The fraction of sp³-hybridized carbons (Fsp3) is 0.211. The minimum atomic E-state index is -0.842.